The van der Waals surface area contributed by atoms with Gasteiger partial charge in [-0.25, -0.2) is 0 Å². The van der Waals surface area contributed by atoms with Crippen LogP contribution in [0.1, 0.15) is 51.9 Å². The Morgan fingerprint density at radius 3 is 2.95 bits per heavy atom. The van der Waals surface area contributed by atoms with E-state index in [2.05, 4.69) is 18.3 Å². The Labute approximate surface area is 132 Å². The molecule has 0 unspecified atom stereocenters. The van der Waals surface area contributed by atoms with E-state index in [1.165, 1.54) is 37.0 Å². The van der Waals surface area contributed by atoms with E-state index in [1.807, 2.05) is 5.54 Å². The van der Waals surface area contributed by atoms with Gasteiger partial charge in [0.25, 0.3) is 0 Å². The van der Waals surface area contributed by atoms with Gasteiger partial charge >= 0.3 is 0 Å². The van der Waals surface area contributed by atoms with Crippen molar-refractivity contribution in [2.45, 2.75) is 51.9 Å². The molecular formula is C18H24ClNO. The molecule has 3 fully saturated rings. The van der Waals surface area contributed by atoms with E-state index in [0.717, 1.165) is 30.6 Å². The van der Waals surface area contributed by atoms with E-state index in [1.54, 1.807) is 0 Å². The smallest absolute Gasteiger partial charge is 0.224 e. The predicted molar refractivity (Wildman–Crippen MR) is 84.5 cm³/mol. The minimum Gasteiger partial charge on any atom is -0.330 e. The van der Waals surface area contributed by atoms with Gasteiger partial charge in [-0.1, -0.05) is 30.2 Å². The first-order chi connectivity index (χ1) is 10.1. The molecule has 2 nitrogen and oxygen atoms in total. The van der Waals surface area contributed by atoms with Gasteiger partial charge in [-0.15, -0.1) is 0 Å². The Morgan fingerprint density at radius 2 is 2.14 bits per heavy atom. The lowest BCUT2D eigenvalue weighted by molar-refractivity contribution is -0.122. The molecule has 3 aliphatic carbocycles. The number of carbonyl (C=O) groups excluding carboxylic acids is 1. The van der Waals surface area contributed by atoms with E-state index >= 15 is 0 Å². The lowest BCUT2D eigenvalue weighted by Gasteiger charge is -2.52. The van der Waals surface area contributed by atoms with Crippen LogP contribution in [0.25, 0.3) is 0 Å². The van der Waals surface area contributed by atoms with Crippen molar-refractivity contribution >= 4 is 17.5 Å². The van der Waals surface area contributed by atoms with Crippen LogP contribution in [0.4, 0.5) is 0 Å². The van der Waals surface area contributed by atoms with Gasteiger partial charge < -0.3 is 5.32 Å². The fourth-order valence-corrected chi connectivity index (χ4v) is 6.21. The highest BCUT2D eigenvalue weighted by molar-refractivity contribution is 6.25. The highest BCUT2D eigenvalue weighted by Crippen LogP contribution is 2.62. The van der Waals surface area contributed by atoms with Gasteiger partial charge in [0.1, 0.15) is 0 Å². The van der Waals surface area contributed by atoms with Crippen molar-refractivity contribution in [3.05, 3.63) is 22.9 Å². The normalized spacial score (nSPS) is 47.2. The zero-order valence-electron chi connectivity index (χ0n) is 12.7. The van der Waals surface area contributed by atoms with Gasteiger partial charge in [-0.3, -0.25) is 4.79 Å². The summed E-state index contributed by atoms with van der Waals surface area (Å²) in [4.78, 5) is 11.6. The molecule has 2 saturated carbocycles. The van der Waals surface area contributed by atoms with Crippen molar-refractivity contribution in [2.24, 2.45) is 29.1 Å². The van der Waals surface area contributed by atoms with Gasteiger partial charge in [-0.05, 0) is 61.7 Å². The molecule has 0 spiro atoms. The summed E-state index contributed by atoms with van der Waals surface area (Å²) in [6.45, 7) is 2.44. The minimum absolute atomic E-state index is 0.213. The molecule has 0 aromatic rings. The number of hydrogen-bond acceptors (Lipinski definition) is 1. The summed E-state index contributed by atoms with van der Waals surface area (Å²) < 4.78 is 0. The minimum atomic E-state index is 0.213. The van der Waals surface area contributed by atoms with Crippen LogP contribution in [0.15, 0.2) is 22.9 Å². The monoisotopic (exact) mass is 305 g/mol. The molecular weight excluding hydrogens is 282 g/mol. The van der Waals surface area contributed by atoms with Crippen molar-refractivity contribution in [1.29, 1.82) is 0 Å². The number of rotatable bonds is 0. The number of carbonyl (C=O) groups is 1. The zero-order chi connectivity index (χ0) is 14.6. The number of amides is 1. The van der Waals surface area contributed by atoms with Crippen LogP contribution in [0.2, 0.25) is 0 Å². The highest BCUT2D eigenvalue weighted by Gasteiger charge is 2.53. The first-order valence-electron chi connectivity index (χ1n) is 8.43. The Balaban J connectivity index is 1.65. The molecule has 0 radical (unpaired) electrons. The molecule has 1 N–H and O–H groups in total. The zero-order valence-corrected chi connectivity index (χ0v) is 13.5. The van der Waals surface area contributed by atoms with Gasteiger partial charge in [0.15, 0.2) is 0 Å². The van der Waals surface area contributed by atoms with Crippen LogP contribution >= 0.6 is 11.6 Å². The van der Waals surface area contributed by atoms with Crippen molar-refractivity contribution in [3.8, 4) is 0 Å². The molecule has 1 saturated heterocycles. The second kappa shape index (κ2) is 4.87. The summed E-state index contributed by atoms with van der Waals surface area (Å²) >= 11 is 6.10. The third-order valence-electron chi connectivity index (χ3n) is 6.96. The lowest BCUT2D eigenvalue weighted by Crippen LogP contribution is -2.47. The average Bonchev–Trinajstić information content (AvgIpc) is 2.83. The third-order valence-corrected chi connectivity index (χ3v) is 7.23. The Hall–Kier alpha value is -0.760. The Bertz CT molecular complexity index is 537. The Morgan fingerprint density at radius 1 is 1.29 bits per heavy atom. The SMILES string of the molecule is C[C@]12CC[C@H]3[C@@H](CC=C4NC(=O)CC[C@@H]43)[C@@H]1CC/C2=C\Cl. The fourth-order valence-electron chi connectivity index (χ4n) is 5.85. The van der Waals surface area contributed by atoms with E-state index < -0.39 is 0 Å². The molecule has 114 valence electrons. The van der Waals surface area contributed by atoms with Crippen molar-refractivity contribution in [1.82, 2.24) is 5.32 Å². The highest BCUT2D eigenvalue weighted by atomic mass is 35.5. The largest absolute Gasteiger partial charge is 0.330 e. The summed E-state index contributed by atoms with van der Waals surface area (Å²) in [6, 6.07) is 0. The Kier molecular flexibility index (Phi) is 3.22. The fraction of sp³-hybridized carbons (Fsp3) is 0.722. The maximum Gasteiger partial charge on any atom is 0.224 e. The van der Waals surface area contributed by atoms with Gasteiger partial charge in [0, 0.05) is 23.6 Å². The molecule has 3 heteroatoms. The first-order valence-corrected chi connectivity index (χ1v) is 8.87. The number of fused-ring (bicyclic) bond motifs is 5. The van der Waals surface area contributed by atoms with E-state index in [-0.39, 0.29) is 5.91 Å². The lowest BCUT2D eigenvalue weighted by atomic mass is 9.54. The number of piperidine rings is 1. The summed E-state index contributed by atoms with van der Waals surface area (Å²) in [5, 5.41) is 3.13. The van der Waals surface area contributed by atoms with Crippen molar-refractivity contribution < 1.29 is 4.79 Å². The molecule has 1 heterocycles. The molecule has 0 aromatic carbocycles. The number of halogens is 1. The molecule has 4 rings (SSSR count). The quantitative estimate of drug-likeness (QED) is 0.707. The molecule has 21 heavy (non-hydrogen) atoms. The average molecular weight is 306 g/mol. The summed E-state index contributed by atoms with van der Waals surface area (Å²) in [5.74, 6) is 3.18. The second-order valence-electron chi connectivity index (χ2n) is 7.65. The summed E-state index contributed by atoms with van der Waals surface area (Å²) in [5.41, 5.74) is 4.93. The van der Waals surface area contributed by atoms with Crippen molar-refractivity contribution in [2.75, 3.05) is 0 Å². The maximum atomic E-state index is 11.6. The number of hydrogen-bond donors (Lipinski definition) is 1. The van der Waals surface area contributed by atoms with Crippen LogP contribution in [0.5, 0.6) is 0 Å². The molecule has 0 aromatic heterocycles. The first kappa shape index (κ1) is 13.9. The molecule has 5 atom stereocenters. The van der Waals surface area contributed by atoms with Crippen LogP contribution < -0.4 is 5.32 Å². The van der Waals surface area contributed by atoms with Crippen LogP contribution in [0, 0.1) is 29.1 Å². The van der Waals surface area contributed by atoms with Crippen LogP contribution in [-0.4, -0.2) is 5.91 Å². The number of nitrogens with one attached hydrogen (secondary N) is 1. The van der Waals surface area contributed by atoms with Crippen LogP contribution in [-0.2, 0) is 4.79 Å². The number of allylic oxidation sites excluding steroid dienone is 3. The molecule has 1 aliphatic heterocycles. The van der Waals surface area contributed by atoms with E-state index in [9.17, 15) is 4.79 Å². The molecule has 0 bridgehead atoms. The van der Waals surface area contributed by atoms with Gasteiger partial charge in [0.05, 0.1) is 0 Å². The van der Waals surface area contributed by atoms with Gasteiger partial charge in [-0.2, -0.15) is 0 Å². The summed E-state index contributed by atoms with van der Waals surface area (Å²) in [7, 11) is 0. The maximum absolute atomic E-state index is 11.6. The topological polar surface area (TPSA) is 29.1 Å². The van der Waals surface area contributed by atoms with E-state index in [4.69, 9.17) is 11.6 Å². The third kappa shape index (κ3) is 1.94. The second-order valence-corrected chi connectivity index (χ2v) is 7.87. The molecule has 4 aliphatic rings. The van der Waals surface area contributed by atoms with Gasteiger partial charge in [0.2, 0.25) is 5.91 Å². The summed E-state index contributed by atoms with van der Waals surface area (Å²) in [6.07, 6.45) is 10.3. The van der Waals surface area contributed by atoms with E-state index in [0.29, 0.717) is 17.8 Å². The standard InChI is InChI=1S/C18H24ClNO/c1-18-9-8-12-13(15(18)5-2-11(18)10-19)3-6-16-14(12)4-7-17(21)20-16/h6,10,12-15H,2-5,7-9H2,1H3,(H,20,21)/b11-10+/t12-,13+,14+,15-,18+/m0/s1. The van der Waals surface area contributed by atoms with Crippen LogP contribution in [0.3, 0.4) is 0 Å². The predicted octanol–water partition coefficient (Wildman–Crippen LogP) is 4.37. The van der Waals surface area contributed by atoms with Crippen molar-refractivity contribution in [3.63, 3.8) is 0 Å². The molecule has 1 amide bonds.